The van der Waals surface area contributed by atoms with Crippen molar-refractivity contribution >= 4 is 27.5 Å². The van der Waals surface area contributed by atoms with Crippen LogP contribution in [0.2, 0.25) is 0 Å². The van der Waals surface area contributed by atoms with E-state index in [1.54, 1.807) is 34.4 Å². The van der Waals surface area contributed by atoms with Crippen LogP contribution < -0.4 is 5.56 Å². The van der Waals surface area contributed by atoms with Crippen molar-refractivity contribution in [1.29, 1.82) is 0 Å². The number of esters is 1. The fraction of sp³-hybridized carbons (Fsp3) is 0.208. The molecule has 0 unspecified atom stereocenters. The zero-order valence-corrected chi connectivity index (χ0v) is 18.2. The molecule has 0 aliphatic heterocycles. The Balaban J connectivity index is 1.78. The maximum atomic E-state index is 13.4. The molecule has 152 valence electrons. The third-order valence-electron chi connectivity index (χ3n) is 5.38. The van der Waals surface area contributed by atoms with E-state index < -0.39 is 0 Å². The number of aryl methyl sites for hydroxylation is 3. The van der Waals surface area contributed by atoms with Gasteiger partial charge < -0.3 is 4.74 Å². The summed E-state index contributed by atoms with van der Waals surface area (Å²) in [5.74, 6) is -0.381. The summed E-state index contributed by atoms with van der Waals surface area (Å²) < 4.78 is 6.35. The second-order valence-electron chi connectivity index (χ2n) is 7.38. The highest BCUT2D eigenvalue weighted by atomic mass is 32.1. The number of methoxy groups -OCH3 is 1. The van der Waals surface area contributed by atoms with Gasteiger partial charge >= 0.3 is 5.97 Å². The number of carbonyl (C=O) groups excluding carboxylic acids is 1. The fourth-order valence-electron chi connectivity index (χ4n) is 3.56. The SMILES string of the molecule is COC(=O)c1ccc(Cn2cnc3sc(C)c(-c4ccc(C)c(C)c4)c3c2=O)cc1. The minimum absolute atomic E-state index is 0.0605. The van der Waals surface area contributed by atoms with Gasteiger partial charge in [-0.1, -0.05) is 30.3 Å². The van der Waals surface area contributed by atoms with Crippen LogP contribution in [-0.2, 0) is 11.3 Å². The molecule has 0 radical (unpaired) electrons. The lowest BCUT2D eigenvalue weighted by Gasteiger charge is -2.09. The Hall–Kier alpha value is -3.25. The summed E-state index contributed by atoms with van der Waals surface area (Å²) in [7, 11) is 1.35. The summed E-state index contributed by atoms with van der Waals surface area (Å²) in [5.41, 5.74) is 5.75. The van der Waals surface area contributed by atoms with E-state index in [1.165, 1.54) is 18.2 Å². The lowest BCUT2D eigenvalue weighted by Crippen LogP contribution is -2.21. The van der Waals surface area contributed by atoms with Gasteiger partial charge in [0.15, 0.2) is 0 Å². The van der Waals surface area contributed by atoms with Crippen molar-refractivity contribution in [2.75, 3.05) is 7.11 Å². The fourth-order valence-corrected chi connectivity index (χ4v) is 4.56. The van der Waals surface area contributed by atoms with E-state index in [9.17, 15) is 9.59 Å². The Morgan fingerprint density at radius 1 is 1.07 bits per heavy atom. The number of nitrogens with zero attached hydrogens (tertiary/aromatic N) is 2. The van der Waals surface area contributed by atoms with E-state index in [0.717, 1.165) is 26.4 Å². The second kappa shape index (κ2) is 7.88. The van der Waals surface area contributed by atoms with Crippen molar-refractivity contribution in [3.63, 3.8) is 0 Å². The summed E-state index contributed by atoms with van der Waals surface area (Å²) in [6.07, 6.45) is 1.60. The molecule has 0 spiro atoms. The summed E-state index contributed by atoms with van der Waals surface area (Å²) in [6, 6.07) is 13.3. The van der Waals surface area contributed by atoms with Crippen molar-refractivity contribution in [3.8, 4) is 11.1 Å². The van der Waals surface area contributed by atoms with Crippen LogP contribution in [0.25, 0.3) is 21.3 Å². The molecule has 4 aromatic rings. The highest BCUT2D eigenvalue weighted by Crippen LogP contribution is 2.36. The molecule has 0 amide bonds. The Kier molecular flexibility index (Phi) is 5.26. The molecule has 0 saturated heterocycles. The summed E-state index contributed by atoms with van der Waals surface area (Å²) in [4.78, 5) is 31.4. The lowest BCUT2D eigenvalue weighted by molar-refractivity contribution is 0.0600. The number of carbonyl (C=O) groups is 1. The average Bonchev–Trinajstić information content (AvgIpc) is 3.09. The van der Waals surface area contributed by atoms with E-state index in [0.29, 0.717) is 17.5 Å². The number of hydrogen-bond acceptors (Lipinski definition) is 5. The van der Waals surface area contributed by atoms with Crippen LogP contribution in [-0.4, -0.2) is 22.6 Å². The predicted molar refractivity (Wildman–Crippen MR) is 120 cm³/mol. The number of ether oxygens (including phenoxy) is 1. The molecule has 2 heterocycles. The van der Waals surface area contributed by atoms with Crippen LogP contribution in [0.1, 0.15) is 31.9 Å². The van der Waals surface area contributed by atoms with E-state index in [4.69, 9.17) is 4.74 Å². The van der Waals surface area contributed by atoms with Crippen LogP contribution in [0, 0.1) is 20.8 Å². The predicted octanol–water partition coefficient (Wildman–Crippen LogP) is 4.89. The Morgan fingerprint density at radius 2 is 1.80 bits per heavy atom. The highest BCUT2D eigenvalue weighted by molar-refractivity contribution is 7.19. The van der Waals surface area contributed by atoms with Crippen LogP contribution in [0.5, 0.6) is 0 Å². The largest absolute Gasteiger partial charge is 0.465 e. The number of thiophene rings is 1. The quantitative estimate of drug-likeness (QED) is 0.443. The van der Waals surface area contributed by atoms with Crippen LogP contribution in [0.3, 0.4) is 0 Å². The van der Waals surface area contributed by atoms with Gasteiger partial charge in [-0.05, 0) is 55.2 Å². The first-order valence-corrected chi connectivity index (χ1v) is 10.4. The van der Waals surface area contributed by atoms with Crippen LogP contribution in [0.15, 0.2) is 53.6 Å². The maximum absolute atomic E-state index is 13.4. The monoisotopic (exact) mass is 418 g/mol. The Labute approximate surface area is 178 Å². The van der Waals surface area contributed by atoms with E-state index in [-0.39, 0.29) is 11.5 Å². The number of rotatable bonds is 4. The van der Waals surface area contributed by atoms with Crippen molar-refractivity contribution < 1.29 is 9.53 Å². The molecular weight excluding hydrogens is 396 g/mol. The topological polar surface area (TPSA) is 61.2 Å². The molecular formula is C24H22N2O3S. The van der Waals surface area contributed by atoms with Crippen molar-refractivity contribution in [2.45, 2.75) is 27.3 Å². The summed E-state index contributed by atoms with van der Waals surface area (Å²) in [5, 5.41) is 0.662. The Morgan fingerprint density at radius 3 is 2.47 bits per heavy atom. The Bertz CT molecular complexity index is 1320. The molecule has 0 aliphatic carbocycles. The van der Waals surface area contributed by atoms with Gasteiger partial charge in [-0.15, -0.1) is 11.3 Å². The van der Waals surface area contributed by atoms with Gasteiger partial charge in [-0.2, -0.15) is 0 Å². The number of fused-ring (bicyclic) bond motifs is 1. The maximum Gasteiger partial charge on any atom is 0.337 e. The summed E-state index contributed by atoms with van der Waals surface area (Å²) >= 11 is 1.54. The minimum atomic E-state index is -0.381. The van der Waals surface area contributed by atoms with Gasteiger partial charge in [-0.25, -0.2) is 9.78 Å². The number of aromatic nitrogens is 2. The van der Waals surface area contributed by atoms with E-state index in [1.807, 2.05) is 19.1 Å². The first kappa shape index (κ1) is 20.0. The minimum Gasteiger partial charge on any atom is -0.465 e. The lowest BCUT2D eigenvalue weighted by atomic mass is 9.99. The van der Waals surface area contributed by atoms with Gasteiger partial charge in [0.1, 0.15) is 4.83 Å². The molecule has 0 N–H and O–H groups in total. The van der Waals surface area contributed by atoms with Gasteiger partial charge in [0.25, 0.3) is 5.56 Å². The van der Waals surface area contributed by atoms with Crippen LogP contribution >= 0.6 is 11.3 Å². The number of hydrogen-bond donors (Lipinski definition) is 0. The second-order valence-corrected chi connectivity index (χ2v) is 8.58. The molecule has 6 heteroatoms. The molecule has 30 heavy (non-hydrogen) atoms. The molecule has 4 rings (SSSR count). The highest BCUT2D eigenvalue weighted by Gasteiger charge is 2.17. The molecule has 2 aromatic heterocycles. The van der Waals surface area contributed by atoms with Crippen molar-refractivity contribution in [2.24, 2.45) is 0 Å². The van der Waals surface area contributed by atoms with Gasteiger partial charge in [0, 0.05) is 10.4 Å². The molecule has 0 atom stereocenters. The van der Waals surface area contributed by atoms with Crippen molar-refractivity contribution in [3.05, 3.63) is 86.3 Å². The van der Waals surface area contributed by atoms with E-state index in [2.05, 4.69) is 37.0 Å². The van der Waals surface area contributed by atoms with Crippen LogP contribution in [0.4, 0.5) is 0 Å². The molecule has 0 aliphatic rings. The number of benzene rings is 2. The average molecular weight is 419 g/mol. The zero-order chi connectivity index (χ0) is 21.4. The standard InChI is InChI=1S/C24H22N2O3S/c1-14-5-8-19(11-15(14)2)20-16(3)30-22-21(20)23(27)26(13-25-22)12-17-6-9-18(10-7-17)24(28)29-4/h5-11,13H,12H2,1-4H3. The third-order valence-corrected chi connectivity index (χ3v) is 6.39. The van der Waals surface area contributed by atoms with Crippen molar-refractivity contribution in [1.82, 2.24) is 9.55 Å². The van der Waals surface area contributed by atoms with Gasteiger partial charge in [-0.3, -0.25) is 9.36 Å². The normalized spacial score (nSPS) is 11.1. The first-order chi connectivity index (χ1) is 14.4. The van der Waals surface area contributed by atoms with Gasteiger partial charge in [0.2, 0.25) is 0 Å². The molecule has 5 nitrogen and oxygen atoms in total. The van der Waals surface area contributed by atoms with Gasteiger partial charge in [0.05, 0.1) is 30.9 Å². The molecule has 0 fully saturated rings. The first-order valence-electron chi connectivity index (χ1n) is 9.62. The third kappa shape index (κ3) is 3.55. The van der Waals surface area contributed by atoms with E-state index >= 15 is 0 Å². The molecule has 0 saturated carbocycles. The smallest absolute Gasteiger partial charge is 0.337 e. The summed E-state index contributed by atoms with van der Waals surface area (Å²) in [6.45, 7) is 6.58. The molecule has 0 bridgehead atoms. The zero-order valence-electron chi connectivity index (χ0n) is 17.4. The molecule has 2 aromatic carbocycles.